The zero-order valence-electron chi connectivity index (χ0n) is 10.5. The highest BCUT2D eigenvalue weighted by Gasteiger charge is 2.08. The fourth-order valence-electron chi connectivity index (χ4n) is 2.20. The average molecular weight is 238 g/mol. The molecule has 0 aliphatic carbocycles. The summed E-state index contributed by atoms with van der Waals surface area (Å²) >= 11 is 0. The van der Waals surface area contributed by atoms with Crippen molar-refractivity contribution < 1.29 is 0 Å². The molecule has 4 nitrogen and oxygen atoms in total. The van der Waals surface area contributed by atoms with Crippen molar-refractivity contribution in [3.05, 3.63) is 53.3 Å². The molecular formula is C14H14N4. The lowest BCUT2D eigenvalue weighted by atomic mass is 10.00. The summed E-state index contributed by atoms with van der Waals surface area (Å²) in [6.45, 7) is 4.76. The van der Waals surface area contributed by atoms with Gasteiger partial charge in [0.25, 0.3) is 0 Å². The molecule has 3 aromatic rings. The number of aromatic nitrogens is 4. The molecule has 0 N–H and O–H groups in total. The van der Waals surface area contributed by atoms with E-state index in [0.29, 0.717) is 6.54 Å². The minimum Gasteiger partial charge on any atom is -0.225 e. The highest BCUT2D eigenvalue weighted by atomic mass is 15.5. The second kappa shape index (κ2) is 4.22. The Morgan fingerprint density at radius 2 is 1.89 bits per heavy atom. The number of rotatable bonds is 2. The van der Waals surface area contributed by atoms with Gasteiger partial charge in [-0.1, -0.05) is 36.4 Å². The van der Waals surface area contributed by atoms with Gasteiger partial charge in [0.05, 0.1) is 6.54 Å². The van der Waals surface area contributed by atoms with Gasteiger partial charge in [-0.3, -0.25) is 0 Å². The lowest BCUT2D eigenvalue weighted by Crippen LogP contribution is -2.06. The molecule has 0 saturated carbocycles. The molecule has 1 heterocycles. The van der Waals surface area contributed by atoms with Gasteiger partial charge in [-0.2, -0.15) is 0 Å². The van der Waals surface area contributed by atoms with Crippen LogP contribution >= 0.6 is 0 Å². The Balaban J connectivity index is 2.16. The summed E-state index contributed by atoms with van der Waals surface area (Å²) in [5, 5.41) is 14.2. The van der Waals surface area contributed by atoms with E-state index in [9.17, 15) is 0 Å². The first kappa shape index (κ1) is 10.9. The highest BCUT2D eigenvalue weighted by Crippen LogP contribution is 2.22. The number of nitrogens with zero attached hydrogens (tertiary/aromatic N) is 4. The van der Waals surface area contributed by atoms with Crippen LogP contribution in [0.5, 0.6) is 0 Å². The first-order valence-electron chi connectivity index (χ1n) is 5.96. The average Bonchev–Trinajstić information content (AvgIpc) is 2.79. The van der Waals surface area contributed by atoms with Gasteiger partial charge in [-0.15, -0.1) is 5.10 Å². The number of tetrazole rings is 1. The summed E-state index contributed by atoms with van der Waals surface area (Å²) in [5.74, 6) is 0.835. The zero-order valence-corrected chi connectivity index (χ0v) is 10.5. The van der Waals surface area contributed by atoms with Crippen molar-refractivity contribution in [3.8, 4) is 0 Å². The van der Waals surface area contributed by atoms with E-state index in [1.807, 2.05) is 11.6 Å². The predicted octanol–water partition coefficient (Wildman–Crippen LogP) is 2.49. The van der Waals surface area contributed by atoms with Crippen LogP contribution in [-0.4, -0.2) is 20.2 Å². The molecule has 0 aliphatic heterocycles. The third kappa shape index (κ3) is 1.76. The van der Waals surface area contributed by atoms with E-state index in [-0.39, 0.29) is 0 Å². The highest BCUT2D eigenvalue weighted by molar-refractivity contribution is 5.86. The molecule has 0 atom stereocenters. The van der Waals surface area contributed by atoms with Crippen molar-refractivity contribution in [2.75, 3.05) is 0 Å². The summed E-state index contributed by atoms with van der Waals surface area (Å²) in [5.41, 5.74) is 2.55. The van der Waals surface area contributed by atoms with Crippen LogP contribution in [-0.2, 0) is 6.54 Å². The fraction of sp³-hybridized carbons (Fsp3) is 0.214. The third-order valence-corrected chi connectivity index (χ3v) is 3.29. The van der Waals surface area contributed by atoms with Crippen LogP contribution in [0.25, 0.3) is 10.8 Å². The molecule has 2 aromatic carbocycles. The van der Waals surface area contributed by atoms with E-state index in [0.717, 1.165) is 5.82 Å². The fourth-order valence-corrected chi connectivity index (χ4v) is 2.20. The second-order valence-corrected chi connectivity index (χ2v) is 4.47. The van der Waals surface area contributed by atoms with Crippen molar-refractivity contribution in [2.24, 2.45) is 0 Å². The van der Waals surface area contributed by atoms with Gasteiger partial charge in [-0.05, 0) is 46.2 Å². The topological polar surface area (TPSA) is 43.6 Å². The summed E-state index contributed by atoms with van der Waals surface area (Å²) in [6.07, 6.45) is 0. The normalized spacial score (nSPS) is 11.0. The van der Waals surface area contributed by atoms with Gasteiger partial charge in [0, 0.05) is 0 Å². The molecule has 0 radical (unpaired) electrons. The SMILES string of the molecule is Cc1ccc2ccccc2c1Cn1nnnc1C. The number of hydrogen-bond acceptors (Lipinski definition) is 3. The molecule has 90 valence electrons. The van der Waals surface area contributed by atoms with Crippen LogP contribution < -0.4 is 0 Å². The van der Waals surface area contributed by atoms with Crippen LogP contribution in [0.4, 0.5) is 0 Å². The van der Waals surface area contributed by atoms with Crippen molar-refractivity contribution >= 4 is 10.8 Å². The first-order chi connectivity index (χ1) is 8.75. The summed E-state index contributed by atoms with van der Waals surface area (Å²) in [7, 11) is 0. The number of benzene rings is 2. The van der Waals surface area contributed by atoms with Crippen LogP contribution in [0.2, 0.25) is 0 Å². The largest absolute Gasteiger partial charge is 0.225 e. The van der Waals surface area contributed by atoms with E-state index in [2.05, 4.69) is 58.8 Å². The number of fused-ring (bicyclic) bond motifs is 1. The lowest BCUT2D eigenvalue weighted by Gasteiger charge is -2.10. The van der Waals surface area contributed by atoms with Crippen molar-refractivity contribution in [1.82, 2.24) is 20.2 Å². The van der Waals surface area contributed by atoms with E-state index in [4.69, 9.17) is 0 Å². The molecule has 0 spiro atoms. The smallest absolute Gasteiger partial charge is 0.148 e. The van der Waals surface area contributed by atoms with Gasteiger partial charge >= 0.3 is 0 Å². The van der Waals surface area contributed by atoms with Crippen LogP contribution in [0.1, 0.15) is 17.0 Å². The maximum absolute atomic E-state index is 4.01. The number of hydrogen-bond donors (Lipinski definition) is 0. The van der Waals surface area contributed by atoms with Crippen molar-refractivity contribution in [3.63, 3.8) is 0 Å². The predicted molar refractivity (Wildman–Crippen MR) is 70.3 cm³/mol. The van der Waals surface area contributed by atoms with Gasteiger partial charge < -0.3 is 0 Å². The molecule has 0 unspecified atom stereocenters. The molecule has 0 amide bonds. The van der Waals surface area contributed by atoms with E-state index in [1.165, 1.54) is 21.9 Å². The van der Waals surface area contributed by atoms with E-state index >= 15 is 0 Å². The molecule has 0 bridgehead atoms. The zero-order chi connectivity index (χ0) is 12.5. The molecule has 0 fully saturated rings. The molecule has 0 saturated heterocycles. The molecule has 4 heteroatoms. The minimum atomic E-state index is 0.714. The molecule has 3 rings (SSSR count). The molecule has 18 heavy (non-hydrogen) atoms. The van der Waals surface area contributed by atoms with Gasteiger partial charge in [-0.25, -0.2) is 4.68 Å². The van der Waals surface area contributed by atoms with E-state index < -0.39 is 0 Å². The Kier molecular flexibility index (Phi) is 2.55. The number of aryl methyl sites for hydroxylation is 2. The molecule has 1 aromatic heterocycles. The third-order valence-electron chi connectivity index (χ3n) is 3.29. The van der Waals surface area contributed by atoms with Crippen LogP contribution in [0.15, 0.2) is 36.4 Å². The summed E-state index contributed by atoms with van der Waals surface area (Å²) < 4.78 is 1.83. The Morgan fingerprint density at radius 3 is 2.67 bits per heavy atom. The van der Waals surface area contributed by atoms with E-state index in [1.54, 1.807) is 0 Å². The molecule has 0 aliphatic rings. The Morgan fingerprint density at radius 1 is 1.06 bits per heavy atom. The van der Waals surface area contributed by atoms with Gasteiger partial charge in [0.1, 0.15) is 5.82 Å². The summed E-state index contributed by atoms with van der Waals surface area (Å²) in [6, 6.07) is 12.7. The van der Waals surface area contributed by atoms with Crippen molar-refractivity contribution in [1.29, 1.82) is 0 Å². The maximum Gasteiger partial charge on any atom is 0.148 e. The van der Waals surface area contributed by atoms with Crippen LogP contribution in [0.3, 0.4) is 0 Å². The lowest BCUT2D eigenvalue weighted by molar-refractivity contribution is 0.634. The Bertz CT molecular complexity index is 700. The standard InChI is InChI=1S/C14H14N4/c1-10-7-8-12-5-3-4-6-13(12)14(10)9-18-11(2)15-16-17-18/h3-8H,9H2,1-2H3. The van der Waals surface area contributed by atoms with Gasteiger partial charge in [0.2, 0.25) is 0 Å². The first-order valence-corrected chi connectivity index (χ1v) is 5.96. The minimum absolute atomic E-state index is 0.714. The molecular weight excluding hydrogens is 224 g/mol. The Labute approximate surface area is 105 Å². The second-order valence-electron chi connectivity index (χ2n) is 4.47. The quantitative estimate of drug-likeness (QED) is 0.689. The van der Waals surface area contributed by atoms with Gasteiger partial charge in [0.15, 0.2) is 0 Å². The monoisotopic (exact) mass is 238 g/mol. The summed E-state index contributed by atoms with van der Waals surface area (Å²) in [4.78, 5) is 0. The maximum atomic E-state index is 4.01. The Hall–Kier alpha value is -2.23. The van der Waals surface area contributed by atoms with Crippen LogP contribution in [0, 0.1) is 13.8 Å². The van der Waals surface area contributed by atoms with Crippen molar-refractivity contribution in [2.45, 2.75) is 20.4 Å².